The van der Waals surface area contributed by atoms with Crippen LogP contribution in [0, 0.1) is 5.92 Å². The summed E-state index contributed by atoms with van der Waals surface area (Å²) < 4.78 is 1.96. The first-order valence-corrected chi connectivity index (χ1v) is 11.1. The molecule has 0 saturated heterocycles. The van der Waals surface area contributed by atoms with Gasteiger partial charge in [0, 0.05) is 48.2 Å². The number of aryl methyl sites for hydroxylation is 1. The van der Waals surface area contributed by atoms with Crippen molar-refractivity contribution < 1.29 is 4.79 Å². The molecule has 33 heavy (non-hydrogen) atoms. The molecular formula is C26H26N6O. The molecule has 0 aliphatic carbocycles. The summed E-state index contributed by atoms with van der Waals surface area (Å²) >= 11 is 0. The Morgan fingerprint density at radius 1 is 1.12 bits per heavy atom. The van der Waals surface area contributed by atoms with E-state index in [2.05, 4.69) is 46.2 Å². The molecule has 3 N–H and O–H groups in total. The number of hydrogen-bond acceptors (Lipinski definition) is 4. The molecule has 0 saturated carbocycles. The topological polar surface area (TPSA) is 83.3 Å². The van der Waals surface area contributed by atoms with Gasteiger partial charge in [-0.25, -0.2) is 4.79 Å². The lowest BCUT2D eigenvalue weighted by molar-refractivity contribution is 0.251. The van der Waals surface area contributed by atoms with Gasteiger partial charge < -0.3 is 16.0 Å². The average Bonchev–Trinajstić information content (AvgIpc) is 3.51. The number of dihydropyridines is 1. The van der Waals surface area contributed by atoms with Crippen LogP contribution in [0.5, 0.6) is 0 Å². The van der Waals surface area contributed by atoms with Crippen LogP contribution in [0.2, 0.25) is 0 Å². The van der Waals surface area contributed by atoms with Gasteiger partial charge in [0.25, 0.3) is 0 Å². The first kappa shape index (κ1) is 20.8. The van der Waals surface area contributed by atoms with Gasteiger partial charge in [-0.1, -0.05) is 48.5 Å². The number of urea groups is 1. The third kappa shape index (κ3) is 4.43. The molecule has 7 nitrogen and oxygen atoms in total. The van der Waals surface area contributed by atoms with Gasteiger partial charge in [0.1, 0.15) is 6.17 Å². The minimum Gasteiger partial charge on any atom is -0.369 e. The summed E-state index contributed by atoms with van der Waals surface area (Å²) in [7, 11) is 0. The largest absolute Gasteiger partial charge is 0.369 e. The summed E-state index contributed by atoms with van der Waals surface area (Å²) in [6, 6.07) is 17.4. The van der Waals surface area contributed by atoms with Crippen LogP contribution in [0.3, 0.4) is 0 Å². The van der Waals surface area contributed by atoms with Crippen LogP contribution < -0.4 is 16.0 Å². The molecule has 3 aromatic rings. The number of amides is 2. The molecule has 2 aliphatic heterocycles. The molecule has 0 spiro atoms. The molecule has 2 unspecified atom stereocenters. The molecule has 2 amide bonds. The van der Waals surface area contributed by atoms with E-state index in [1.807, 2.05) is 71.7 Å². The SMILES string of the molecule is CCn1cc(C2=CC=NC3NC=CC23)c(-c2ccc(NC(=O)NCc3ccccc3)cc2)n1. The van der Waals surface area contributed by atoms with Crippen molar-refractivity contribution in [3.8, 4) is 11.3 Å². The highest BCUT2D eigenvalue weighted by Gasteiger charge is 2.30. The van der Waals surface area contributed by atoms with Crippen LogP contribution in [0.1, 0.15) is 18.1 Å². The summed E-state index contributed by atoms with van der Waals surface area (Å²) in [5.41, 5.74) is 6.02. The summed E-state index contributed by atoms with van der Waals surface area (Å²) in [6.45, 7) is 3.35. The molecule has 2 atom stereocenters. The van der Waals surface area contributed by atoms with Gasteiger partial charge in [-0.15, -0.1) is 0 Å². The van der Waals surface area contributed by atoms with Gasteiger partial charge in [0.05, 0.1) is 5.69 Å². The number of rotatable bonds is 6. The maximum atomic E-state index is 12.3. The number of allylic oxidation sites excluding steroid dienone is 1. The molecule has 3 heterocycles. The Hall–Kier alpha value is -4.13. The van der Waals surface area contributed by atoms with E-state index in [1.54, 1.807) is 0 Å². The molecule has 7 heteroatoms. The van der Waals surface area contributed by atoms with E-state index in [4.69, 9.17) is 5.10 Å². The average molecular weight is 439 g/mol. The van der Waals surface area contributed by atoms with Crippen LogP contribution >= 0.6 is 0 Å². The Kier molecular flexibility index (Phi) is 5.76. The van der Waals surface area contributed by atoms with Crippen molar-refractivity contribution in [1.29, 1.82) is 0 Å². The van der Waals surface area contributed by atoms with E-state index >= 15 is 0 Å². The van der Waals surface area contributed by atoms with Gasteiger partial charge >= 0.3 is 6.03 Å². The van der Waals surface area contributed by atoms with Crippen LogP contribution in [0.25, 0.3) is 16.8 Å². The van der Waals surface area contributed by atoms with Crippen molar-refractivity contribution >= 4 is 23.5 Å². The lowest BCUT2D eigenvalue weighted by atomic mass is 9.88. The first-order chi connectivity index (χ1) is 16.2. The molecule has 0 bridgehead atoms. The number of nitrogens with one attached hydrogen (secondary N) is 3. The summed E-state index contributed by atoms with van der Waals surface area (Å²) in [5, 5.41) is 13.9. The van der Waals surface area contributed by atoms with Crippen molar-refractivity contribution in [2.24, 2.45) is 10.9 Å². The fourth-order valence-corrected chi connectivity index (χ4v) is 4.15. The number of anilines is 1. The van der Waals surface area contributed by atoms with Crippen LogP contribution in [-0.2, 0) is 13.1 Å². The second-order valence-electron chi connectivity index (χ2n) is 8.03. The molecule has 2 aliphatic rings. The Bertz CT molecular complexity index is 1220. The summed E-state index contributed by atoms with van der Waals surface area (Å²) in [4.78, 5) is 16.8. The molecule has 0 radical (unpaired) electrons. The third-order valence-corrected chi connectivity index (χ3v) is 5.88. The van der Waals surface area contributed by atoms with E-state index in [0.717, 1.165) is 34.6 Å². The van der Waals surface area contributed by atoms with Crippen molar-refractivity contribution in [2.75, 3.05) is 5.32 Å². The third-order valence-electron chi connectivity index (χ3n) is 5.88. The molecule has 2 aromatic carbocycles. The molecule has 1 aromatic heterocycles. The normalized spacial score (nSPS) is 18.4. The van der Waals surface area contributed by atoms with E-state index in [9.17, 15) is 4.79 Å². The van der Waals surface area contributed by atoms with Crippen molar-refractivity contribution in [1.82, 2.24) is 20.4 Å². The predicted octanol–water partition coefficient (Wildman–Crippen LogP) is 4.42. The highest BCUT2D eigenvalue weighted by Crippen LogP contribution is 2.37. The summed E-state index contributed by atoms with van der Waals surface area (Å²) in [5.74, 6) is 0.192. The van der Waals surface area contributed by atoms with Crippen molar-refractivity contribution in [3.63, 3.8) is 0 Å². The minimum absolute atomic E-state index is 0.0452. The van der Waals surface area contributed by atoms with E-state index < -0.39 is 0 Å². The Balaban J connectivity index is 1.32. The zero-order valence-corrected chi connectivity index (χ0v) is 18.4. The number of hydrogen-bond donors (Lipinski definition) is 3. The lowest BCUT2D eigenvalue weighted by Gasteiger charge is -2.22. The second kappa shape index (κ2) is 9.16. The van der Waals surface area contributed by atoms with Gasteiger partial charge in [0.2, 0.25) is 0 Å². The fourth-order valence-electron chi connectivity index (χ4n) is 4.15. The van der Waals surface area contributed by atoms with Gasteiger partial charge in [-0.2, -0.15) is 5.10 Å². The molecule has 0 fully saturated rings. The number of benzene rings is 2. The lowest BCUT2D eigenvalue weighted by Crippen LogP contribution is -2.28. The predicted molar refractivity (Wildman–Crippen MR) is 132 cm³/mol. The zero-order chi connectivity index (χ0) is 22.6. The number of fused-ring (bicyclic) bond motifs is 1. The smallest absolute Gasteiger partial charge is 0.319 e. The van der Waals surface area contributed by atoms with Crippen LogP contribution in [0.4, 0.5) is 10.5 Å². The standard InChI is InChI=1S/C26H26N6O/c1-2-32-17-23(21-12-14-27-25-22(21)13-15-28-25)24(31-32)19-8-10-20(11-9-19)30-26(33)29-16-18-6-4-3-5-7-18/h3-15,17,22,25,28H,2,16H2,1H3,(H2,29,30,33). The Labute approximate surface area is 192 Å². The number of nitrogens with zero attached hydrogens (tertiary/aromatic N) is 3. The van der Waals surface area contributed by atoms with Crippen molar-refractivity contribution in [2.45, 2.75) is 26.2 Å². The van der Waals surface area contributed by atoms with Gasteiger partial charge in [0.15, 0.2) is 0 Å². The second-order valence-corrected chi connectivity index (χ2v) is 8.03. The van der Waals surface area contributed by atoms with Gasteiger partial charge in [-0.05, 0) is 42.5 Å². The molecule has 166 valence electrons. The molecular weight excluding hydrogens is 412 g/mol. The minimum atomic E-state index is -0.235. The Morgan fingerprint density at radius 3 is 2.73 bits per heavy atom. The number of carbonyl (C=O) groups excluding carboxylic acids is 1. The number of carbonyl (C=O) groups is 1. The quantitative estimate of drug-likeness (QED) is 0.533. The van der Waals surface area contributed by atoms with Gasteiger partial charge in [-0.3, -0.25) is 9.67 Å². The summed E-state index contributed by atoms with van der Waals surface area (Å²) in [6.07, 6.45) is 10.2. The molecule has 5 rings (SSSR count). The van der Waals surface area contributed by atoms with Crippen molar-refractivity contribution in [3.05, 3.63) is 90.3 Å². The van der Waals surface area contributed by atoms with E-state index in [0.29, 0.717) is 6.54 Å². The highest BCUT2D eigenvalue weighted by atomic mass is 16.2. The first-order valence-electron chi connectivity index (χ1n) is 11.1. The highest BCUT2D eigenvalue weighted by molar-refractivity contribution is 5.93. The number of aliphatic imine (C=N–C) groups is 1. The van der Waals surface area contributed by atoms with E-state index in [1.165, 1.54) is 5.57 Å². The van der Waals surface area contributed by atoms with E-state index in [-0.39, 0.29) is 18.1 Å². The maximum absolute atomic E-state index is 12.3. The van der Waals surface area contributed by atoms with Crippen LogP contribution in [-0.4, -0.2) is 28.2 Å². The zero-order valence-electron chi connectivity index (χ0n) is 18.4. The monoisotopic (exact) mass is 438 g/mol. The van der Waals surface area contributed by atoms with Crippen LogP contribution in [0.15, 0.2) is 84.1 Å². The number of aromatic nitrogens is 2. The Morgan fingerprint density at radius 2 is 1.94 bits per heavy atom. The maximum Gasteiger partial charge on any atom is 0.319 e. The fraction of sp³-hybridized carbons (Fsp3) is 0.192.